The van der Waals surface area contributed by atoms with Crippen molar-refractivity contribution in [2.45, 2.75) is 43.7 Å². The highest BCUT2D eigenvalue weighted by atomic mass is 19.4. The van der Waals surface area contributed by atoms with Gasteiger partial charge in [-0.25, -0.2) is 0 Å². The highest BCUT2D eigenvalue weighted by Crippen LogP contribution is 2.42. The van der Waals surface area contributed by atoms with Crippen LogP contribution in [0.4, 0.5) is 18.9 Å². The number of carbonyl (C=O) groups is 2. The van der Waals surface area contributed by atoms with Gasteiger partial charge in [0.15, 0.2) is 0 Å². The van der Waals surface area contributed by atoms with Crippen LogP contribution in [-0.4, -0.2) is 11.8 Å². The topological polar surface area (TPSA) is 72.2 Å². The number of amides is 2. The number of hydrogen-bond donors (Lipinski definition) is 2. The molecular formula is C21H21F3N2O2. The third kappa shape index (κ3) is 4.03. The SMILES string of the molecule is NC(=O)c1cccc(NC(=O)C2(c3cccc(C(F)(F)F)c3)CCCCC2)c1. The predicted molar refractivity (Wildman–Crippen MR) is 99.8 cm³/mol. The molecule has 0 bridgehead atoms. The number of anilines is 1. The maximum Gasteiger partial charge on any atom is 0.416 e. The van der Waals surface area contributed by atoms with Crippen molar-refractivity contribution in [1.29, 1.82) is 0 Å². The number of benzene rings is 2. The van der Waals surface area contributed by atoms with E-state index < -0.39 is 23.1 Å². The number of halogens is 3. The molecule has 0 aromatic heterocycles. The van der Waals surface area contributed by atoms with Crippen molar-refractivity contribution in [3.05, 3.63) is 65.2 Å². The molecule has 1 saturated carbocycles. The van der Waals surface area contributed by atoms with Crippen LogP contribution in [0.3, 0.4) is 0 Å². The summed E-state index contributed by atoms with van der Waals surface area (Å²) in [7, 11) is 0. The van der Waals surface area contributed by atoms with E-state index in [1.165, 1.54) is 18.2 Å². The second kappa shape index (κ2) is 7.66. The van der Waals surface area contributed by atoms with Crippen molar-refractivity contribution in [2.24, 2.45) is 5.73 Å². The molecule has 4 nitrogen and oxygen atoms in total. The maximum atomic E-state index is 13.2. The maximum absolute atomic E-state index is 13.2. The fourth-order valence-corrected chi connectivity index (χ4v) is 3.80. The van der Waals surface area contributed by atoms with E-state index >= 15 is 0 Å². The minimum Gasteiger partial charge on any atom is -0.366 e. The molecule has 2 aromatic carbocycles. The van der Waals surface area contributed by atoms with Gasteiger partial charge in [-0.15, -0.1) is 0 Å². The average molecular weight is 390 g/mol. The van der Waals surface area contributed by atoms with Gasteiger partial charge in [0.25, 0.3) is 0 Å². The van der Waals surface area contributed by atoms with E-state index in [1.54, 1.807) is 18.2 Å². The van der Waals surface area contributed by atoms with Crippen LogP contribution in [0, 0.1) is 0 Å². The van der Waals surface area contributed by atoms with Crippen LogP contribution in [0.1, 0.15) is 53.6 Å². The van der Waals surface area contributed by atoms with E-state index in [0.29, 0.717) is 24.1 Å². The Morgan fingerprint density at radius 3 is 2.29 bits per heavy atom. The van der Waals surface area contributed by atoms with Gasteiger partial charge in [0, 0.05) is 11.3 Å². The molecule has 0 saturated heterocycles. The molecule has 1 aliphatic rings. The normalized spacial score (nSPS) is 16.4. The smallest absolute Gasteiger partial charge is 0.366 e. The van der Waals surface area contributed by atoms with Gasteiger partial charge in [0.1, 0.15) is 0 Å². The zero-order chi connectivity index (χ0) is 20.4. The molecule has 2 aromatic rings. The Morgan fingerprint density at radius 1 is 0.964 bits per heavy atom. The van der Waals surface area contributed by atoms with Crippen molar-refractivity contribution in [1.82, 2.24) is 0 Å². The van der Waals surface area contributed by atoms with Gasteiger partial charge in [-0.1, -0.05) is 43.5 Å². The van der Waals surface area contributed by atoms with Gasteiger partial charge >= 0.3 is 6.18 Å². The molecule has 0 spiro atoms. The van der Waals surface area contributed by atoms with Crippen LogP contribution in [0.2, 0.25) is 0 Å². The van der Waals surface area contributed by atoms with Crippen molar-refractivity contribution in [2.75, 3.05) is 5.32 Å². The fraction of sp³-hybridized carbons (Fsp3) is 0.333. The van der Waals surface area contributed by atoms with E-state index in [2.05, 4.69) is 5.32 Å². The summed E-state index contributed by atoms with van der Waals surface area (Å²) in [6, 6.07) is 11.2. The highest BCUT2D eigenvalue weighted by Gasteiger charge is 2.42. The number of alkyl halides is 3. The Labute approximate surface area is 160 Å². The Morgan fingerprint density at radius 2 is 1.64 bits per heavy atom. The van der Waals surface area contributed by atoms with Gasteiger partial charge in [0.2, 0.25) is 11.8 Å². The molecule has 0 radical (unpaired) electrons. The van der Waals surface area contributed by atoms with Crippen molar-refractivity contribution in [3.8, 4) is 0 Å². The van der Waals surface area contributed by atoms with Crippen molar-refractivity contribution >= 4 is 17.5 Å². The first kappa shape index (κ1) is 19.9. The summed E-state index contributed by atoms with van der Waals surface area (Å²) in [5, 5.41) is 2.78. The molecular weight excluding hydrogens is 369 g/mol. The monoisotopic (exact) mass is 390 g/mol. The molecule has 148 valence electrons. The third-order valence-electron chi connectivity index (χ3n) is 5.29. The van der Waals surface area contributed by atoms with E-state index in [-0.39, 0.29) is 11.5 Å². The fourth-order valence-electron chi connectivity index (χ4n) is 3.80. The van der Waals surface area contributed by atoms with Gasteiger partial charge in [-0.05, 0) is 42.7 Å². The van der Waals surface area contributed by atoms with Gasteiger partial charge < -0.3 is 11.1 Å². The molecule has 28 heavy (non-hydrogen) atoms. The molecule has 1 fully saturated rings. The highest BCUT2D eigenvalue weighted by molar-refractivity contribution is 6.01. The minimum absolute atomic E-state index is 0.245. The lowest BCUT2D eigenvalue weighted by molar-refractivity contribution is -0.137. The molecule has 3 N–H and O–H groups in total. The Kier molecular flexibility index (Phi) is 5.45. The zero-order valence-corrected chi connectivity index (χ0v) is 15.2. The molecule has 7 heteroatoms. The number of nitrogens with two attached hydrogens (primary N) is 1. The lowest BCUT2D eigenvalue weighted by atomic mass is 9.68. The Hall–Kier alpha value is -2.83. The largest absolute Gasteiger partial charge is 0.416 e. The molecule has 2 amide bonds. The summed E-state index contributed by atoms with van der Waals surface area (Å²) in [6.07, 6.45) is -1.09. The van der Waals surface area contributed by atoms with E-state index in [9.17, 15) is 22.8 Å². The van der Waals surface area contributed by atoms with Crippen LogP contribution in [-0.2, 0) is 16.4 Å². The van der Waals surface area contributed by atoms with Crippen LogP contribution in [0.25, 0.3) is 0 Å². The Bertz CT molecular complexity index is 887. The average Bonchev–Trinajstić information content (AvgIpc) is 2.68. The number of carbonyl (C=O) groups excluding carboxylic acids is 2. The van der Waals surface area contributed by atoms with E-state index in [0.717, 1.165) is 31.4 Å². The summed E-state index contributed by atoms with van der Waals surface area (Å²) < 4.78 is 39.6. The van der Waals surface area contributed by atoms with Crippen LogP contribution in [0.15, 0.2) is 48.5 Å². The van der Waals surface area contributed by atoms with Crippen LogP contribution in [0.5, 0.6) is 0 Å². The predicted octanol–water partition coefficient (Wildman–Crippen LogP) is 4.64. The van der Waals surface area contributed by atoms with Crippen molar-refractivity contribution in [3.63, 3.8) is 0 Å². The molecule has 0 aliphatic heterocycles. The van der Waals surface area contributed by atoms with Crippen LogP contribution < -0.4 is 11.1 Å². The van der Waals surface area contributed by atoms with E-state index in [4.69, 9.17) is 5.73 Å². The summed E-state index contributed by atoms with van der Waals surface area (Å²) in [6.45, 7) is 0. The second-order valence-electron chi connectivity index (χ2n) is 7.12. The standard InChI is InChI=1S/C21H21F3N2O2/c22-21(23,24)16-8-5-7-15(13-16)20(10-2-1-3-11-20)19(28)26-17-9-4-6-14(12-17)18(25)27/h4-9,12-13H,1-3,10-11H2,(H2,25,27)(H,26,28). The van der Waals surface area contributed by atoms with E-state index in [1.807, 2.05) is 0 Å². The molecule has 0 atom stereocenters. The van der Waals surface area contributed by atoms with Gasteiger partial charge in [-0.3, -0.25) is 9.59 Å². The number of rotatable bonds is 4. The summed E-state index contributed by atoms with van der Waals surface area (Å²) >= 11 is 0. The first-order valence-electron chi connectivity index (χ1n) is 9.11. The zero-order valence-electron chi connectivity index (χ0n) is 15.2. The van der Waals surface area contributed by atoms with Crippen molar-refractivity contribution < 1.29 is 22.8 Å². The molecule has 3 rings (SSSR count). The third-order valence-corrected chi connectivity index (χ3v) is 5.29. The number of primary amides is 1. The summed E-state index contributed by atoms with van der Waals surface area (Å²) in [5.41, 5.74) is 4.47. The number of nitrogens with one attached hydrogen (secondary N) is 1. The quantitative estimate of drug-likeness (QED) is 0.798. The summed E-state index contributed by atoms with van der Waals surface area (Å²) in [5.74, 6) is -0.991. The Balaban J connectivity index is 1.97. The number of hydrogen-bond acceptors (Lipinski definition) is 2. The second-order valence-corrected chi connectivity index (χ2v) is 7.12. The first-order valence-corrected chi connectivity index (χ1v) is 9.11. The first-order chi connectivity index (χ1) is 13.2. The lowest BCUT2D eigenvalue weighted by Crippen LogP contribution is -2.42. The van der Waals surface area contributed by atoms with Gasteiger partial charge in [0.05, 0.1) is 11.0 Å². The molecule has 0 unspecified atom stereocenters. The van der Waals surface area contributed by atoms with Gasteiger partial charge in [-0.2, -0.15) is 13.2 Å². The molecule has 1 aliphatic carbocycles. The lowest BCUT2D eigenvalue weighted by Gasteiger charge is -2.36. The van der Waals surface area contributed by atoms with Crippen LogP contribution >= 0.6 is 0 Å². The molecule has 0 heterocycles. The minimum atomic E-state index is -4.47. The summed E-state index contributed by atoms with van der Waals surface area (Å²) in [4.78, 5) is 24.6.